The smallest absolute Gasteiger partial charge is 0.320 e. The van der Waals surface area contributed by atoms with Crippen molar-refractivity contribution >= 4 is 31.1 Å². The highest BCUT2D eigenvalue weighted by atomic mass is 31.2. The van der Waals surface area contributed by atoms with E-state index in [9.17, 15) is 14.5 Å². The van der Waals surface area contributed by atoms with Crippen molar-refractivity contribution in [2.75, 3.05) is 32.7 Å². The van der Waals surface area contributed by atoms with E-state index in [1.807, 2.05) is 26.0 Å². The molecule has 0 aliphatic heterocycles. The number of esters is 2. The maximum absolute atomic E-state index is 12.0. The summed E-state index contributed by atoms with van der Waals surface area (Å²) in [7, 11) is -2.54. The van der Waals surface area contributed by atoms with Crippen LogP contribution in [0.25, 0.3) is 0 Å². The number of aryl methyl sites for hydroxylation is 1. The van der Waals surface area contributed by atoms with Gasteiger partial charge in [0.1, 0.15) is 17.8 Å². The number of rotatable bonds is 15. The third-order valence-electron chi connectivity index (χ3n) is 6.50. The van der Waals surface area contributed by atoms with Gasteiger partial charge in [0.2, 0.25) is 0 Å². The lowest BCUT2D eigenvalue weighted by Crippen LogP contribution is -2.34. The Kier molecular flexibility index (Phi) is 15.3. The molecule has 226 valence electrons. The largest absolute Gasteiger partial charge is 0.486 e. The van der Waals surface area contributed by atoms with Gasteiger partial charge < -0.3 is 14.2 Å². The number of carbonyl (C=O) groups is 2. The maximum Gasteiger partial charge on any atom is 0.320 e. The zero-order chi connectivity index (χ0) is 31.2. The number of ether oxygens (including phenoxy) is 3. The molecule has 0 heterocycles. The van der Waals surface area contributed by atoms with E-state index in [1.54, 1.807) is 19.9 Å². The minimum Gasteiger partial charge on any atom is -0.486 e. The average Bonchev–Trinajstić information content (AvgIpc) is 2.95. The molecule has 2 aromatic carbocycles. The second kappa shape index (κ2) is 17.5. The fourth-order valence-corrected chi connectivity index (χ4v) is 5.68. The number of benzene rings is 2. The van der Waals surface area contributed by atoms with E-state index in [0.29, 0.717) is 17.9 Å². The number of nitroso groups, excluding NO2 is 1. The molecule has 0 saturated carbocycles. The quantitative estimate of drug-likeness (QED) is 0.106. The summed E-state index contributed by atoms with van der Waals surface area (Å²) >= 11 is 0. The lowest BCUT2D eigenvalue weighted by Gasteiger charge is -2.27. The van der Waals surface area contributed by atoms with Crippen molar-refractivity contribution in [2.45, 2.75) is 60.8 Å². The van der Waals surface area contributed by atoms with Crippen LogP contribution < -0.4 is 14.9 Å². The first-order valence-electron chi connectivity index (χ1n) is 13.7. The number of hydrogen-bond acceptors (Lipinski definition) is 9. The van der Waals surface area contributed by atoms with Crippen molar-refractivity contribution in [3.8, 4) is 5.75 Å². The van der Waals surface area contributed by atoms with Crippen molar-refractivity contribution in [3.05, 3.63) is 75.7 Å². The first kappa shape index (κ1) is 35.8. The van der Waals surface area contributed by atoms with E-state index in [4.69, 9.17) is 14.2 Å². The first-order valence-corrected chi connectivity index (χ1v) is 15.8. The van der Waals surface area contributed by atoms with Crippen LogP contribution in [0.4, 0.5) is 5.69 Å². The van der Waals surface area contributed by atoms with Crippen LogP contribution >= 0.6 is 7.19 Å². The third-order valence-corrected chi connectivity index (χ3v) is 8.60. The lowest BCUT2D eigenvalue weighted by molar-refractivity contribution is -0.142. The summed E-state index contributed by atoms with van der Waals surface area (Å²) in [4.78, 5) is 35.1. The van der Waals surface area contributed by atoms with Gasteiger partial charge in [-0.05, 0) is 97.6 Å². The van der Waals surface area contributed by atoms with Crippen LogP contribution in [0.15, 0.2) is 42.6 Å². The first-order chi connectivity index (χ1) is 19.4. The van der Waals surface area contributed by atoms with Gasteiger partial charge in [0.15, 0.2) is 0 Å². The summed E-state index contributed by atoms with van der Waals surface area (Å²) in [6.07, 6.45) is 5.11. The molecule has 0 aliphatic rings. The molecule has 0 fully saturated rings. The minimum atomic E-state index is -2.54. The van der Waals surface area contributed by atoms with Crippen molar-refractivity contribution in [2.24, 2.45) is 5.18 Å². The normalized spacial score (nSPS) is 10.9. The Morgan fingerprint density at radius 3 is 2.00 bits per heavy atom. The highest BCUT2D eigenvalue weighted by molar-refractivity contribution is 7.69. The van der Waals surface area contributed by atoms with Crippen LogP contribution in [0.1, 0.15) is 67.0 Å². The van der Waals surface area contributed by atoms with Crippen molar-refractivity contribution in [1.29, 1.82) is 0 Å². The van der Waals surface area contributed by atoms with Gasteiger partial charge >= 0.3 is 11.9 Å². The second-order valence-electron chi connectivity index (χ2n) is 9.76. The average molecular weight is 588 g/mol. The highest BCUT2D eigenvalue weighted by Crippen LogP contribution is 2.38. The fraction of sp³-hybridized carbons (Fsp3) is 0.452. The Balaban J connectivity index is 0.00000411. The Bertz CT molecular complexity index is 1220. The van der Waals surface area contributed by atoms with Crippen LogP contribution in [-0.2, 0) is 25.5 Å². The molecule has 9 nitrogen and oxygen atoms in total. The fourth-order valence-electron chi connectivity index (χ4n) is 4.17. The van der Waals surface area contributed by atoms with Crippen molar-refractivity contribution in [1.82, 2.24) is 10.2 Å². The highest BCUT2D eigenvalue weighted by Gasteiger charge is 2.20. The van der Waals surface area contributed by atoms with Crippen LogP contribution in [0.3, 0.4) is 0 Å². The van der Waals surface area contributed by atoms with Gasteiger partial charge in [-0.1, -0.05) is 32.3 Å². The predicted octanol–water partition coefficient (Wildman–Crippen LogP) is 6.45. The standard InChI is InChI=1S/C29H42N3O6P.C2H4/c1-9-36-28(33)16-30-39(8,31-17-29(34)37-10-2)18-38-27-13-20(5)25(21(6)22(27)7)15-23-11-12-26(32-35)24(14-23)19(3)4;1-2/h11-14,19,30-31H,8-10,15-18H2,1-7H3;1-2H2. The molecule has 0 radical (unpaired) electrons. The number of nitrogens with zero attached hydrogens (tertiary/aromatic N) is 1. The van der Waals surface area contributed by atoms with E-state index in [-0.39, 0.29) is 38.6 Å². The van der Waals surface area contributed by atoms with E-state index in [1.165, 1.54) is 5.56 Å². The molecule has 0 aliphatic carbocycles. The molecule has 0 amide bonds. The minimum absolute atomic E-state index is 0.0585. The topological polar surface area (TPSA) is 115 Å². The van der Waals surface area contributed by atoms with Gasteiger partial charge in [0.05, 0.1) is 26.3 Å². The zero-order valence-corrected chi connectivity index (χ0v) is 26.5. The summed E-state index contributed by atoms with van der Waals surface area (Å²) in [6.45, 7) is 20.1. The third kappa shape index (κ3) is 10.9. The Labute approximate surface area is 245 Å². The molecular formula is C31H46N3O6P. The predicted molar refractivity (Wildman–Crippen MR) is 170 cm³/mol. The number of carbonyl (C=O) groups excluding carboxylic acids is 2. The van der Waals surface area contributed by atoms with E-state index in [0.717, 1.165) is 27.8 Å². The molecule has 0 saturated heterocycles. The molecule has 10 heteroatoms. The summed E-state index contributed by atoms with van der Waals surface area (Å²) in [6, 6.07) is 7.81. The van der Waals surface area contributed by atoms with Crippen LogP contribution in [0.5, 0.6) is 5.75 Å². The Hall–Kier alpha value is -3.26. The van der Waals surface area contributed by atoms with Gasteiger partial charge in [-0.2, -0.15) is 0 Å². The second-order valence-corrected chi connectivity index (χ2v) is 12.6. The molecule has 0 unspecified atom stereocenters. The molecule has 2 aromatic rings. The SMILES string of the molecule is C=C.C=P(COc1cc(C)c(Cc2ccc(N=O)c(C(C)C)c2)c(C)c1C)(NCC(=O)OCC)NCC(=O)OCC. The van der Waals surface area contributed by atoms with Gasteiger partial charge in [-0.3, -0.25) is 19.8 Å². The van der Waals surface area contributed by atoms with E-state index >= 15 is 0 Å². The van der Waals surface area contributed by atoms with Crippen LogP contribution in [0, 0.1) is 25.7 Å². The Morgan fingerprint density at radius 1 is 0.951 bits per heavy atom. The summed E-state index contributed by atoms with van der Waals surface area (Å²) in [5.74, 6) is 0.0843. The van der Waals surface area contributed by atoms with Crippen LogP contribution in [0.2, 0.25) is 0 Å². The van der Waals surface area contributed by atoms with Crippen molar-refractivity contribution < 1.29 is 23.8 Å². The summed E-state index contributed by atoms with van der Waals surface area (Å²) in [5, 5.41) is 9.41. The monoisotopic (exact) mass is 587 g/mol. The molecule has 0 atom stereocenters. The molecule has 0 spiro atoms. The Morgan fingerprint density at radius 2 is 1.51 bits per heavy atom. The maximum atomic E-state index is 12.0. The number of nitrogens with one attached hydrogen (secondary N) is 2. The molecule has 0 bridgehead atoms. The van der Waals surface area contributed by atoms with Gasteiger partial charge in [-0.15, -0.1) is 18.1 Å². The van der Waals surface area contributed by atoms with Gasteiger partial charge in [-0.25, -0.2) is 0 Å². The summed E-state index contributed by atoms with van der Waals surface area (Å²) < 4.78 is 16.3. The summed E-state index contributed by atoms with van der Waals surface area (Å²) in [5.41, 5.74) is 6.90. The lowest BCUT2D eigenvalue weighted by atomic mass is 9.90. The van der Waals surface area contributed by atoms with Gasteiger partial charge in [0, 0.05) is 7.19 Å². The van der Waals surface area contributed by atoms with Crippen molar-refractivity contribution in [3.63, 3.8) is 0 Å². The molecule has 2 N–H and O–H groups in total. The molecule has 2 rings (SSSR count). The number of hydrogen-bond donors (Lipinski definition) is 2. The molecule has 0 aromatic heterocycles. The molecule has 41 heavy (non-hydrogen) atoms. The van der Waals surface area contributed by atoms with E-state index < -0.39 is 19.1 Å². The van der Waals surface area contributed by atoms with E-state index in [2.05, 4.69) is 61.6 Å². The zero-order valence-electron chi connectivity index (χ0n) is 25.6. The van der Waals surface area contributed by atoms with Crippen LogP contribution in [-0.4, -0.2) is 50.9 Å². The molecular weight excluding hydrogens is 541 g/mol. The van der Waals surface area contributed by atoms with Gasteiger partial charge in [0.25, 0.3) is 0 Å².